The summed E-state index contributed by atoms with van der Waals surface area (Å²) in [6.45, 7) is 40.0. The molecule has 0 radical (unpaired) electrons. The highest BCUT2D eigenvalue weighted by Crippen LogP contribution is 2.62. The minimum absolute atomic E-state index is 0.0988. The summed E-state index contributed by atoms with van der Waals surface area (Å²) < 4.78 is 0. The van der Waals surface area contributed by atoms with Gasteiger partial charge in [-0.2, -0.15) is 0 Å². The molecule has 2 aliphatic heterocycles. The van der Waals surface area contributed by atoms with Crippen molar-refractivity contribution in [3.05, 3.63) is 280 Å². The summed E-state index contributed by atoms with van der Waals surface area (Å²) in [5, 5.41) is 0. The minimum atomic E-state index is -0.401. The lowest BCUT2D eigenvalue weighted by molar-refractivity contribution is 0.589. The van der Waals surface area contributed by atoms with Gasteiger partial charge in [-0.1, -0.05) is 234 Å². The number of hydrogen-bond acceptors (Lipinski definition) is 4. The van der Waals surface area contributed by atoms with Crippen molar-refractivity contribution in [3.63, 3.8) is 0 Å². The second-order valence-corrected chi connectivity index (χ2v) is 31.4. The van der Waals surface area contributed by atoms with Crippen molar-refractivity contribution in [2.45, 2.75) is 145 Å². The van der Waals surface area contributed by atoms with E-state index < -0.39 is 10.8 Å². The monoisotopic (exact) mass is 1210 g/mol. The molecule has 0 amide bonds. The van der Waals surface area contributed by atoms with E-state index in [1.54, 1.807) is 0 Å². The van der Waals surface area contributed by atoms with E-state index in [0.717, 1.165) is 22.7 Å². The van der Waals surface area contributed by atoms with Gasteiger partial charge >= 0.3 is 0 Å². The van der Waals surface area contributed by atoms with Crippen molar-refractivity contribution in [2.24, 2.45) is 0 Å². The average molecular weight is 1210 g/mol. The summed E-state index contributed by atoms with van der Waals surface area (Å²) >= 11 is 0. The first kappa shape index (κ1) is 60.0. The maximum atomic E-state index is 2.73. The van der Waals surface area contributed by atoms with Crippen molar-refractivity contribution in [2.75, 3.05) is 19.6 Å². The van der Waals surface area contributed by atoms with Gasteiger partial charge in [0.05, 0.1) is 22.7 Å². The van der Waals surface area contributed by atoms with Crippen LogP contribution < -0.4 is 36.0 Å². The molecule has 0 atom stereocenters. The number of benzene rings is 11. The van der Waals surface area contributed by atoms with Crippen LogP contribution in [0.5, 0.6) is 0 Å². The van der Waals surface area contributed by atoms with Gasteiger partial charge in [0.1, 0.15) is 0 Å². The van der Waals surface area contributed by atoms with Crippen LogP contribution in [0.4, 0.5) is 68.2 Å². The fourth-order valence-electron chi connectivity index (χ4n) is 16.0. The molecular formula is C88H87BN4. The molecule has 0 bridgehead atoms. The number of fused-ring (bicyclic) bond motifs is 10. The Bertz CT molecular complexity index is 4440. The predicted octanol–water partition coefficient (Wildman–Crippen LogP) is 22.4. The normalized spacial score (nSPS) is 14.6. The largest absolute Gasteiger partial charge is 0.311 e. The van der Waals surface area contributed by atoms with E-state index in [1.807, 2.05) is 0 Å². The molecule has 2 heterocycles. The minimum Gasteiger partial charge on any atom is -0.311 e. The van der Waals surface area contributed by atoms with E-state index in [0.29, 0.717) is 0 Å². The molecule has 4 aliphatic rings. The zero-order valence-electron chi connectivity index (χ0n) is 57.7. The lowest BCUT2D eigenvalue weighted by Crippen LogP contribution is -2.62. The van der Waals surface area contributed by atoms with Crippen molar-refractivity contribution in [3.8, 4) is 22.3 Å². The molecule has 0 spiro atoms. The van der Waals surface area contributed by atoms with Crippen molar-refractivity contribution >= 4 is 91.3 Å². The van der Waals surface area contributed by atoms with Gasteiger partial charge in [0.15, 0.2) is 0 Å². The Morgan fingerprint density at radius 1 is 0.323 bits per heavy atom. The Kier molecular flexibility index (Phi) is 13.6. The maximum absolute atomic E-state index is 2.73. The number of hydrogen-bond donors (Lipinski definition) is 0. The lowest BCUT2D eigenvalue weighted by Gasteiger charge is -2.47. The Labute approximate surface area is 554 Å². The van der Waals surface area contributed by atoms with Crippen LogP contribution in [0.1, 0.15) is 151 Å². The third kappa shape index (κ3) is 9.45. The highest BCUT2D eigenvalue weighted by molar-refractivity contribution is 7.00. The molecule has 4 nitrogen and oxygen atoms in total. The Morgan fingerprint density at radius 2 is 0.634 bits per heavy atom. The van der Waals surface area contributed by atoms with Crippen LogP contribution in [-0.2, 0) is 27.1 Å². The van der Waals surface area contributed by atoms with Gasteiger partial charge in [-0.05, 0) is 207 Å². The molecule has 462 valence electrons. The van der Waals surface area contributed by atoms with Gasteiger partial charge in [0.2, 0.25) is 0 Å². The molecule has 0 saturated heterocycles. The molecular weight excluding hydrogens is 1120 g/mol. The van der Waals surface area contributed by atoms with Gasteiger partial charge in [0.25, 0.3) is 6.71 Å². The highest BCUT2D eigenvalue weighted by atomic mass is 15.2. The van der Waals surface area contributed by atoms with Gasteiger partial charge < -0.3 is 19.6 Å². The second kappa shape index (κ2) is 21.1. The molecule has 2 aliphatic carbocycles. The van der Waals surface area contributed by atoms with Crippen LogP contribution in [-0.4, -0.2) is 6.71 Å². The molecule has 0 unspecified atom stereocenters. The first-order valence-corrected chi connectivity index (χ1v) is 33.7. The SMILES string of the molecule is Cc1ccc(N(c2ccc(C)cc2)c2ccc(N3c4ccc(C(C)(C)C)cc4B4c5cc(C(C)(C)C)ccc5N(c5ccc(N(c6ccc(C)cc6)c6ccc(C)cc6)c6c5C(C)(C)c5ccccc5-6)c5cc(C(C)(C)C)cc3c54)c3c2-c2ccccc2C3(C)C)cc1. The zero-order valence-corrected chi connectivity index (χ0v) is 57.7. The summed E-state index contributed by atoms with van der Waals surface area (Å²) in [5.41, 5.74) is 36.2. The van der Waals surface area contributed by atoms with E-state index in [2.05, 4.69) is 356 Å². The van der Waals surface area contributed by atoms with E-state index >= 15 is 0 Å². The summed E-state index contributed by atoms with van der Waals surface area (Å²) in [5.74, 6) is 0. The molecule has 0 aromatic heterocycles. The molecule has 0 saturated carbocycles. The van der Waals surface area contributed by atoms with E-state index in [4.69, 9.17) is 0 Å². The fourth-order valence-corrected chi connectivity index (χ4v) is 16.0. The van der Waals surface area contributed by atoms with Gasteiger partial charge in [-0.3, -0.25) is 0 Å². The summed E-state index contributed by atoms with van der Waals surface area (Å²) in [7, 11) is 0. The van der Waals surface area contributed by atoms with Crippen LogP contribution >= 0.6 is 0 Å². The first-order chi connectivity index (χ1) is 44.2. The lowest BCUT2D eigenvalue weighted by atomic mass is 9.33. The molecule has 0 N–H and O–H groups in total. The molecule has 5 heteroatoms. The Morgan fingerprint density at radius 3 is 0.957 bits per heavy atom. The van der Waals surface area contributed by atoms with E-state index in [1.165, 1.54) is 145 Å². The van der Waals surface area contributed by atoms with Crippen LogP contribution in [0.15, 0.2) is 218 Å². The summed E-state index contributed by atoms with van der Waals surface area (Å²) in [6, 6.07) is 84.9. The van der Waals surface area contributed by atoms with E-state index in [9.17, 15) is 0 Å². The third-order valence-electron chi connectivity index (χ3n) is 21.1. The van der Waals surface area contributed by atoms with Crippen molar-refractivity contribution in [1.29, 1.82) is 0 Å². The number of anilines is 12. The van der Waals surface area contributed by atoms with Gasteiger partial charge in [0, 0.05) is 67.5 Å². The van der Waals surface area contributed by atoms with Crippen molar-refractivity contribution in [1.82, 2.24) is 0 Å². The van der Waals surface area contributed by atoms with E-state index in [-0.39, 0.29) is 23.0 Å². The van der Waals surface area contributed by atoms with Gasteiger partial charge in [-0.15, -0.1) is 0 Å². The standard InChI is InChI=1S/C88H87BN4/c1-54-26-36-61(37-27-54)90(62-38-28-55(2)29-39-62)73-46-48-75(81-79(73)65-22-18-20-24-67(65)87(81,14)15)92-71-44-34-58(84(5,6)7)50-69(71)89-70-51-59(85(8,9)10)35-45-72(70)93(78-53-60(86(11,12)13)52-77(92)83(78)89)76-49-47-74(80-66-23-19-21-25-68(66)88(16,17)82(76)80)91(63-40-30-56(3)31-41-63)64-42-32-57(4)33-43-64/h18-53H,1-17H3. The number of aryl methyl sites for hydroxylation is 4. The van der Waals surface area contributed by atoms with Crippen LogP contribution in [0.2, 0.25) is 0 Å². The third-order valence-corrected chi connectivity index (χ3v) is 21.1. The number of nitrogens with zero attached hydrogens (tertiary/aromatic N) is 4. The molecule has 15 rings (SSSR count). The molecule has 11 aromatic carbocycles. The van der Waals surface area contributed by atoms with Crippen LogP contribution in [0.3, 0.4) is 0 Å². The fraction of sp³-hybridized carbons (Fsp3) is 0.250. The summed E-state index contributed by atoms with van der Waals surface area (Å²) in [4.78, 5) is 10.5. The average Bonchev–Trinajstić information content (AvgIpc) is 1.52. The predicted molar refractivity (Wildman–Crippen MR) is 400 cm³/mol. The smallest absolute Gasteiger partial charge is 0.252 e. The van der Waals surface area contributed by atoms with Crippen LogP contribution in [0, 0.1) is 27.7 Å². The quantitative estimate of drug-likeness (QED) is 0.141. The number of rotatable bonds is 8. The maximum Gasteiger partial charge on any atom is 0.252 e. The highest BCUT2D eigenvalue weighted by Gasteiger charge is 2.50. The first-order valence-electron chi connectivity index (χ1n) is 33.7. The zero-order chi connectivity index (χ0) is 65.2. The molecule has 11 aromatic rings. The van der Waals surface area contributed by atoms with Crippen molar-refractivity contribution < 1.29 is 0 Å². The van der Waals surface area contributed by atoms with Gasteiger partial charge in [-0.25, -0.2) is 0 Å². The second-order valence-electron chi connectivity index (χ2n) is 31.4. The Hall–Kier alpha value is -9.32. The molecule has 93 heavy (non-hydrogen) atoms. The van der Waals surface area contributed by atoms with Crippen LogP contribution in [0.25, 0.3) is 22.3 Å². The Balaban J connectivity index is 1.07. The summed E-state index contributed by atoms with van der Waals surface area (Å²) in [6.07, 6.45) is 0. The topological polar surface area (TPSA) is 13.0 Å². The molecule has 0 fully saturated rings.